The van der Waals surface area contributed by atoms with Crippen LogP contribution in [0.4, 0.5) is 5.69 Å². The zero-order valence-corrected chi connectivity index (χ0v) is 13.8. The van der Waals surface area contributed by atoms with E-state index in [0.29, 0.717) is 23.7 Å². The Hall–Kier alpha value is -3.42. The average Bonchev–Trinajstić information content (AvgIpc) is 2.63. The molecule has 0 unspecified atom stereocenters. The molecule has 25 heavy (non-hydrogen) atoms. The Morgan fingerprint density at radius 2 is 2.12 bits per heavy atom. The molecule has 0 aromatic heterocycles. The lowest BCUT2D eigenvalue weighted by Crippen LogP contribution is -2.17. The predicted molar refractivity (Wildman–Crippen MR) is 92.3 cm³/mol. The van der Waals surface area contributed by atoms with Crippen LogP contribution in [-0.4, -0.2) is 30.8 Å². The van der Waals surface area contributed by atoms with E-state index >= 15 is 0 Å². The molecule has 0 aliphatic heterocycles. The molecule has 0 radical (unpaired) electrons. The number of ether oxygens (including phenoxy) is 2. The third kappa shape index (κ3) is 4.77. The maximum Gasteiger partial charge on any atom is 0.271 e. The molecule has 8 heteroatoms. The summed E-state index contributed by atoms with van der Waals surface area (Å²) in [6.45, 7) is 2.34. The number of nitrogens with one attached hydrogen (secondary N) is 1. The molecule has 2 aromatic rings. The number of non-ortho nitro benzene ring substituents is 1. The summed E-state index contributed by atoms with van der Waals surface area (Å²) in [5, 5.41) is 14.6. The Morgan fingerprint density at radius 3 is 2.80 bits per heavy atom. The van der Waals surface area contributed by atoms with Crippen molar-refractivity contribution in [3.63, 3.8) is 0 Å². The number of benzene rings is 2. The van der Waals surface area contributed by atoms with Gasteiger partial charge < -0.3 is 9.47 Å². The van der Waals surface area contributed by atoms with Gasteiger partial charge in [0, 0.05) is 23.3 Å². The van der Waals surface area contributed by atoms with Crippen molar-refractivity contribution < 1.29 is 19.2 Å². The number of nitro groups is 1. The van der Waals surface area contributed by atoms with Crippen LogP contribution in [0.5, 0.6) is 11.5 Å². The lowest BCUT2D eigenvalue weighted by Gasteiger charge is -2.08. The second-order valence-corrected chi connectivity index (χ2v) is 4.84. The number of amides is 1. The molecular formula is C17H17N3O5. The van der Waals surface area contributed by atoms with Crippen LogP contribution in [0.3, 0.4) is 0 Å². The molecular weight excluding hydrogens is 326 g/mol. The van der Waals surface area contributed by atoms with E-state index in [0.717, 1.165) is 0 Å². The summed E-state index contributed by atoms with van der Waals surface area (Å²) >= 11 is 0. The number of hydrogen-bond acceptors (Lipinski definition) is 6. The minimum atomic E-state index is -0.565. The minimum absolute atomic E-state index is 0.141. The number of methoxy groups -OCH3 is 1. The number of carbonyl (C=O) groups is 1. The Morgan fingerprint density at radius 1 is 1.32 bits per heavy atom. The van der Waals surface area contributed by atoms with Crippen LogP contribution in [-0.2, 0) is 0 Å². The summed E-state index contributed by atoms with van der Waals surface area (Å²) in [6, 6.07) is 10.6. The van der Waals surface area contributed by atoms with E-state index in [9.17, 15) is 14.9 Å². The molecule has 2 aromatic carbocycles. The van der Waals surface area contributed by atoms with Crippen LogP contribution in [0.15, 0.2) is 47.6 Å². The van der Waals surface area contributed by atoms with Crippen molar-refractivity contribution in [1.29, 1.82) is 0 Å². The summed E-state index contributed by atoms with van der Waals surface area (Å²) in [7, 11) is 1.54. The molecule has 8 nitrogen and oxygen atoms in total. The largest absolute Gasteiger partial charge is 0.497 e. The molecule has 0 aliphatic carbocycles. The first-order chi connectivity index (χ1) is 12.0. The topological polar surface area (TPSA) is 103 Å². The predicted octanol–water partition coefficient (Wildman–Crippen LogP) is 2.77. The second kappa shape index (κ2) is 8.44. The first-order valence-corrected chi connectivity index (χ1v) is 7.44. The lowest BCUT2D eigenvalue weighted by molar-refractivity contribution is -0.384. The number of hydrogen-bond donors (Lipinski definition) is 1. The third-order valence-corrected chi connectivity index (χ3v) is 3.21. The zero-order valence-electron chi connectivity index (χ0n) is 13.8. The van der Waals surface area contributed by atoms with Crippen molar-refractivity contribution in [2.75, 3.05) is 13.7 Å². The summed E-state index contributed by atoms with van der Waals surface area (Å²) < 4.78 is 10.6. The first-order valence-electron chi connectivity index (χ1n) is 7.44. The van der Waals surface area contributed by atoms with Gasteiger partial charge in [0.15, 0.2) is 0 Å². The second-order valence-electron chi connectivity index (χ2n) is 4.84. The highest BCUT2D eigenvalue weighted by atomic mass is 16.6. The Kier molecular flexibility index (Phi) is 6.05. The molecule has 0 bridgehead atoms. The quantitative estimate of drug-likeness (QED) is 0.473. The number of carbonyl (C=O) groups excluding carboxylic acids is 1. The molecule has 2 rings (SSSR count). The van der Waals surface area contributed by atoms with Crippen molar-refractivity contribution in [2.45, 2.75) is 6.92 Å². The molecule has 0 fully saturated rings. The molecule has 1 amide bonds. The van der Waals surface area contributed by atoms with Gasteiger partial charge in [0.1, 0.15) is 11.5 Å². The molecule has 1 N–H and O–H groups in total. The van der Waals surface area contributed by atoms with Crippen molar-refractivity contribution in [3.8, 4) is 11.5 Å². The smallest absolute Gasteiger partial charge is 0.271 e. The van der Waals surface area contributed by atoms with Crippen LogP contribution in [0.2, 0.25) is 0 Å². The summed E-state index contributed by atoms with van der Waals surface area (Å²) in [5.41, 5.74) is 2.93. The van der Waals surface area contributed by atoms with Crippen LogP contribution >= 0.6 is 0 Å². The fourth-order valence-corrected chi connectivity index (χ4v) is 2.03. The minimum Gasteiger partial charge on any atom is -0.497 e. The van der Waals surface area contributed by atoms with E-state index < -0.39 is 10.8 Å². The molecule has 0 atom stereocenters. The van der Waals surface area contributed by atoms with E-state index in [1.807, 2.05) is 6.92 Å². The Balaban J connectivity index is 2.13. The van der Waals surface area contributed by atoms with E-state index in [1.165, 1.54) is 30.5 Å². The number of nitro benzene ring substituents is 1. The molecule has 0 spiro atoms. The lowest BCUT2D eigenvalue weighted by atomic mass is 10.2. The zero-order chi connectivity index (χ0) is 18.2. The van der Waals surface area contributed by atoms with Gasteiger partial charge in [0.2, 0.25) is 0 Å². The maximum atomic E-state index is 12.0. The highest BCUT2D eigenvalue weighted by molar-refractivity contribution is 5.95. The SMILES string of the molecule is CCOc1ccc(OC)cc1/C=N/NC(=O)c1cccc([N+](=O)[O-])c1. The number of hydrazone groups is 1. The Bertz CT molecular complexity index is 805. The molecule has 0 saturated heterocycles. The summed E-state index contributed by atoms with van der Waals surface area (Å²) in [5.74, 6) is 0.660. The Labute approximate surface area is 144 Å². The van der Waals surface area contributed by atoms with Gasteiger partial charge in [-0.25, -0.2) is 5.43 Å². The van der Waals surface area contributed by atoms with Gasteiger partial charge in [0.05, 0.1) is 24.9 Å². The van der Waals surface area contributed by atoms with Gasteiger partial charge in [0.25, 0.3) is 11.6 Å². The van der Waals surface area contributed by atoms with E-state index in [1.54, 1.807) is 25.3 Å². The average molecular weight is 343 g/mol. The van der Waals surface area contributed by atoms with Crippen molar-refractivity contribution in [2.24, 2.45) is 5.10 Å². The molecule has 0 aliphatic rings. The van der Waals surface area contributed by atoms with Crippen LogP contribution < -0.4 is 14.9 Å². The monoisotopic (exact) mass is 343 g/mol. The van der Waals surface area contributed by atoms with Crippen molar-refractivity contribution >= 4 is 17.8 Å². The van der Waals surface area contributed by atoms with Crippen molar-refractivity contribution in [1.82, 2.24) is 5.43 Å². The van der Waals surface area contributed by atoms with Gasteiger partial charge in [-0.15, -0.1) is 0 Å². The number of rotatable bonds is 7. The van der Waals surface area contributed by atoms with Gasteiger partial charge in [-0.2, -0.15) is 5.10 Å². The van der Waals surface area contributed by atoms with Crippen LogP contribution in [0, 0.1) is 10.1 Å². The fourth-order valence-electron chi connectivity index (χ4n) is 2.03. The van der Waals surface area contributed by atoms with E-state index in [4.69, 9.17) is 9.47 Å². The third-order valence-electron chi connectivity index (χ3n) is 3.21. The fraction of sp³-hybridized carbons (Fsp3) is 0.176. The standard InChI is InChI=1S/C17H17N3O5/c1-3-25-16-8-7-15(24-2)10-13(16)11-18-19-17(21)12-5-4-6-14(9-12)20(22)23/h4-11H,3H2,1-2H3,(H,19,21)/b18-11+. The van der Waals surface area contributed by atoms with Crippen LogP contribution in [0.1, 0.15) is 22.8 Å². The van der Waals surface area contributed by atoms with Crippen LogP contribution in [0.25, 0.3) is 0 Å². The molecule has 130 valence electrons. The highest BCUT2D eigenvalue weighted by Crippen LogP contribution is 2.22. The number of nitrogens with zero attached hydrogens (tertiary/aromatic N) is 2. The molecule has 0 saturated carbocycles. The van der Waals surface area contributed by atoms with E-state index in [2.05, 4.69) is 10.5 Å². The van der Waals surface area contributed by atoms with Gasteiger partial charge in [-0.05, 0) is 31.2 Å². The molecule has 0 heterocycles. The summed E-state index contributed by atoms with van der Waals surface area (Å²) in [4.78, 5) is 22.2. The van der Waals surface area contributed by atoms with Gasteiger partial charge in [-0.3, -0.25) is 14.9 Å². The highest BCUT2D eigenvalue weighted by Gasteiger charge is 2.11. The normalized spacial score (nSPS) is 10.5. The summed E-state index contributed by atoms with van der Waals surface area (Å²) in [6.07, 6.45) is 1.42. The van der Waals surface area contributed by atoms with Gasteiger partial charge >= 0.3 is 0 Å². The first kappa shape index (κ1) is 17.9. The van der Waals surface area contributed by atoms with Crippen molar-refractivity contribution in [3.05, 3.63) is 63.7 Å². The van der Waals surface area contributed by atoms with Gasteiger partial charge in [-0.1, -0.05) is 6.07 Å². The maximum absolute atomic E-state index is 12.0. The van der Waals surface area contributed by atoms with E-state index in [-0.39, 0.29) is 11.3 Å².